The second kappa shape index (κ2) is 7.79. The molecule has 4 rings (SSSR count). The Labute approximate surface area is 176 Å². The van der Waals surface area contributed by atoms with Gasteiger partial charge in [-0.3, -0.25) is 9.59 Å². The molecule has 1 unspecified atom stereocenters. The fourth-order valence-corrected chi connectivity index (χ4v) is 4.10. The molecule has 0 spiro atoms. The van der Waals surface area contributed by atoms with Gasteiger partial charge in [0, 0.05) is 30.6 Å². The van der Waals surface area contributed by atoms with Crippen LogP contribution < -0.4 is 4.90 Å². The first-order valence-corrected chi connectivity index (χ1v) is 10.1. The summed E-state index contributed by atoms with van der Waals surface area (Å²) < 4.78 is 19.2. The third-order valence-electron chi connectivity index (χ3n) is 4.89. The predicted molar refractivity (Wildman–Crippen MR) is 112 cm³/mol. The van der Waals surface area contributed by atoms with Gasteiger partial charge in [0.2, 0.25) is 0 Å². The van der Waals surface area contributed by atoms with Gasteiger partial charge in [-0.05, 0) is 41.8 Å². The van der Waals surface area contributed by atoms with Crippen LogP contribution >= 0.6 is 11.3 Å². The lowest BCUT2D eigenvalue weighted by molar-refractivity contribution is -0.140. The molecule has 2 aromatic heterocycles. The average Bonchev–Trinajstić information content (AvgIpc) is 3.45. The number of aliphatic hydroxyl groups is 1. The second-order valence-corrected chi connectivity index (χ2v) is 8.12. The van der Waals surface area contributed by atoms with Crippen molar-refractivity contribution in [1.29, 1.82) is 0 Å². The molecule has 1 atom stereocenters. The van der Waals surface area contributed by atoms with Gasteiger partial charge in [-0.2, -0.15) is 0 Å². The van der Waals surface area contributed by atoms with Crippen LogP contribution in [0.5, 0.6) is 0 Å². The SMILES string of the molecule is CN(C)c1ccc(C2/C(=C(\O)c3ccc(F)cc3)C(=O)C(=O)N2Cc2cccs2)o1. The van der Waals surface area contributed by atoms with E-state index in [1.54, 1.807) is 17.0 Å². The number of likely N-dealkylation sites (tertiary alicyclic amines) is 1. The summed E-state index contributed by atoms with van der Waals surface area (Å²) in [4.78, 5) is 29.8. The van der Waals surface area contributed by atoms with Crippen molar-refractivity contribution >= 4 is 34.7 Å². The number of hydrogen-bond acceptors (Lipinski definition) is 6. The van der Waals surface area contributed by atoms with Crippen LogP contribution in [-0.4, -0.2) is 35.8 Å². The first-order chi connectivity index (χ1) is 14.4. The Kier molecular flexibility index (Phi) is 5.17. The normalized spacial score (nSPS) is 18.2. The van der Waals surface area contributed by atoms with Crippen LogP contribution in [0, 0.1) is 5.82 Å². The summed E-state index contributed by atoms with van der Waals surface area (Å²) in [6, 6.07) is 11.3. The molecule has 1 aliphatic heterocycles. The van der Waals surface area contributed by atoms with Gasteiger partial charge in [0.1, 0.15) is 23.4 Å². The molecule has 1 saturated heterocycles. The number of hydrogen-bond donors (Lipinski definition) is 1. The summed E-state index contributed by atoms with van der Waals surface area (Å²) >= 11 is 1.46. The number of halogens is 1. The highest BCUT2D eigenvalue weighted by Gasteiger charge is 2.47. The second-order valence-electron chi connectivity index (χ2n) is 7.08. The number of aliphatic hydroxyl groups excluding tert-OH is 1. The zero-order valence-corrected chi connectivity index (χ0v) is 17.1. The summed E-state index contributed by atoms with van der Waals surface area (Å²) in [5.74, 6) is -1.45. The smallest absolute Gasteiger partial charge is 0.296 e. The lowest BCUT2D eigenvalue weighted by atomic mass is 9.99. The molecule has 0 aliphatic carbocycles. The van der Waals surface area contributed by atoms with Crippen molar-refractivity contribution in [2.45, 2.75) is 12.6 Å². The van der Waals surface area contributed by atoms with E-state index in [0.29, 0.717) is 11.6 Å². The summed E-state index contributed by atoms with van der Waals surface area (Å²) in [6.07, 6.45) is 0. The zero-order valence-electron chi connectivity index (χ0n) is 16.3. The number of benzene rings is 1. The van der Waals surface area contributed by atoms with E-state index in [2.05, 4.69) is 0 Å². The molecule has 30 heavy (non-hydrogen) atoms. The van der Waals surface area contributed by atoms with Crippen molar-refractivity contribution in [2.75, 3.05) is 19.0 Å². The highest BCUT2D eigenvalue weighted by molar-refractivity contribution is 7.09. The van der Waals surface area contributed by atoms with Gasteiger partial charge in [0.25, 0.3) is 11.7 Å². The minimum absolute atomic E-state index is 0.0807. The number of furan rings is 1. The Bertz CT molecular complexity index is 1120. The number of ketones is 1. The molecule has 1 fully saturated rings. The van der Waals surface area contributed by atoms with E-state index in [1.807, 2.05) is 31.6 Å². The van der Waals surface area contributed by atoms with Gasteiger partial charge < -0.3 is 19.3 Å². The number of carbonyl (C=O) groups excluding carboxylic acids is 2. The zero-order chi connectivity index (χ0) is 21.4. The van der Waals surface area contributed by atoms with E-state index >= 15 is 0 Å². The first-order valence-electron chi connectivity index (χ1n) is 9.20. The van der Waals surface area contributed by atoms with E-state index in [4.69, 9.17) is 4.42 Å². The van der Waals surface area contributed by atoms with Gasteiger partial charge in [-0.1, -0.05) is 6.07 Å². The van der Waals surface area contributed by atoms with Gasteiger partial charge in [0.15, 0.2) is 5.88 Å². The van der Waals surface area contributed by atoms with Crippen molar-refractivity contribution in [3.63, 3.8) is 0 Å². The van der Waals surface area contributed by atoms with Crippen molar-refractivity contribution in [2.24, 2.45) is 0 Å². The minimum atomic E-state index is -0.897. The van der Waals surface area contributed by atoms with Crippen LogP contribution in [0.25, 0.3) is 5.76 Å². The molecule has 6 nitrogen and oxygen atoms in total. The number of carbonyl (C=O) groups is 2. The van der Waals surface area contributed by atoms with E-state index in [9.17, 15) is 19.1 Å². The largest absolute Gasteiger partial charge is 0.507 e. The standard InChI is InChI=1S/C22H19FN2O4S/c1-24(2)17-10-9-16(29-17)19-18(20(26)13-5-7-14(23)8-6-13)21(27)22(28)25(19)12-15-4-3-11-30-15/h3-11,19,26H,12H2,1-2H3/b20-18+. The average molecular weight is 426 g/mol. The topological polar surface area (TPSA) is 74.0 Å². The van der Waals surface area contributed by atoms with Gasteiger partial charge in [-0.25, -0.2) is 4.39 Å². The Hall–Kier alpha value is -3.39. The molecular formula is C22H19FN2O4S. The third-order valence-corrected chi connectivity index (χ3v) is 5.75. The monoisotopic (exact) mass is 426 g/mol. The molecule has 0 radical (unpaired) electrons. The van der Waals surface area contributed by atoms with E-state index in [1.165, 1.54) is 40.5 Å². The first kappa shape index (κ1) is 19.9. The number of rotatable bonds is 5. The number of amides is 1. The molecule has 0 saturated carbocycles. The van der Waals surface area contributed by atoms with E-state index in [-0.39, 0.29) is 23.4 Å². The minimum Gasteiger partial charge on any atom is -0.507 e. The Balaban J connectivity index is 1.85. The highest BCUT2D eigenvalue weighted by atomic mass is 32.1. The van der Waals surface area contributed by atoms with Gasteiger partial charge >= 0.3 is 0 Å². The molecule has 1 aromatic carbocycles. The Morgan fingerprint density at radius 3 is 2.50 bits per heavy atom. The number of thiophene rings is 1. The van der Waals surface area contributed by atoms with Gasteiger partial charge in [-0.15, -0.1) is 11.3 Å². The summed E-state index contributed by atoms with van der Waals surface area (Å²) in [6.45, 7) is 0.200. The lowest BCUT2D eigenvalue weighted by Gasteiger charge is -2.23. The van der Waals surface area contributed by atoms with Crippen LogP contribution in [0.15, 0.2) is 63.9 Å². The maximum atomic E-state index is 13.3. The maximum absolute atomic E-state index is 13.3. The van der Waals surface area contributed by atoms with Crippen LogP contribution in [0.3, 0.4) is 0 Å². The molecule has 1 amide bonds. The van der Waals surface area contributed by atoms with Gasteiger partial charge in [0.05, 0.1) is 12.1 Å². The van der Waals surface area contributed by atoms with Crippen molar-refractivity contribution < 1.29 is 23.5 Å². The highest BCUT2D eigenvalue weighted by Crippen LogP contribution is 2.41. The molecule has 0 bridgehead atoms. The van der Waals surface area contributed by atoms with Crippen molar-refractivity contribution in [3.05, 3.63) is 81.5 Å². The van der Waals surface area contributed by atoms with Crippen LogP contribution in [0.4, 0.5) is 10.3 Å². The molecule has 1 aliphatic rings. The molecular weight excluding hydrogens is 407 g/mol. The van der Waals surface area contributed by atoms with Crippen molar-refractivity contribution in [3.8, 4) is 0 Å². The summed E-state index contributed by atoms with van der Waals surface area (Å²) in [5, 5.41) is 12.8. The van der Waals surface area contributed by atoms with E-state index < -0.39 is 23.5 Å². The fourth-order valence-electron chi connectivity index (χ4n) is 3.40. The van der Waals surface area contributed by atoms with Crippen LogP contribution in [0.1, 0.15) is 22.2 Å². The van der Waals surface area contributed by atoms with E-state index in [0.717, 1.165) is 4.88 Å². The number of Topliss-reactive ketones (excluding diaryl/α,β-unsaturated/α-hetero) is 1. The molecule has 8 heteroatoms. The number of nitrogens with zero attached hydrogens (tertiary/aromatic N) is 2. The maximum Gasteiger partial charge on any atom is 0.296 e. The third kappa shape index (κ3) is 3.50. The Morgan fingerprint density at radius 1 is 1.17 bits per heavy atom. The quantitative estimate of drug-likeness (QED) is 0.377. The fraction of sp³-hybridized carbons (Fsp3) is 0.182. The molecule has 154 valence electrons. The van der Waals surface area contributed by atoms with Crippen molar-refractivity contribution in [1.82, 2.24) is 4.90 Å². The molecule has 1 N–H and O–H groups in total. The number of anilines is 1. The molecule has 3 heterocycles. The van der Waals surface area contributed by atoms with Crippen LogP contribution in [-0.2, 0) is 16.1 Å². The predicted octanol–water partition coefficient (Wildman–Crippen LogP) is 4.17. The Morgan fingerprint density at radius 2 is 1.90 bits per heavy atom. The summed E-state index contributed by atoms with van der Waals surface area (Å²) in [5.41, 5.74) is 0.165. The lowest BCUT2D eigenvalue weighted by Crippen LogP contribution is -2.28. The summed E-state index contributed by atoms with van der Waals surface area (Å²) in [7, 11) is 3.62. The molecule has 3 aromatic rings. The van der Waals surface area contributed by atoms with Crippen LogP contribution in [0.2, 0.25) is 0 Å².